The Bertz CT molecular complexity index is 663. The highest BCUT2D eigenvalue weighted by Crippen LogP contribution is 2.24. The van der Waals surface area contributed by atoms with Crippen LogP contribution in [0.4, 0.5) is 5.82 Å². The van der Waals surface area contributed by atoms with Crippen molar-refractivity contribution in [3.8, 4) is 0 Å². The summed E-state index contributed by atoms with van der Waals surface area (Å²) in [6.07, 6.45) is 1.14. The van der Waals surface area contributed by atoms with Gasteiger partial charge in [-0.15, -0.1) is 11.3 Å². The van der Waals surface area contributed by atoms with Gasteiger partial charge in [-0.1, -0.05) is 6.07 Å². The minimum atomic E-state index is -0.150. The van der Waals surface area contributed by atoms with E-state index in [1.165, 1.54) is 6.92 Å². The van der Waals surface area contributed by atoms with Gasteiger partial charge in [-0.2, -0.15) is 5.10 Å². The molecule has 0 aliphatic carbocycles. The molecular weight excluding hydrogens is 288 g/mol. The molecule has 3 rings (SSSR count). The Labute approximate surface area is 126 Å². The minimum absolute atomic E-state index is 0.109. The number of H-pyrrole nitrogens is 1. The molecule has 0 saturated heterocycles. The molecule has 2 amide bonds. The van der Waals surface area contributed by atoms with E-state index >= 15 is 0 Å². The second-order valence-electron chi connectivity index (χ2n) is 5.03. The van der Waals surface area contributed by atoms with E-state index in [9.17, 15) is 9.59 Å². The predicted molar refractivity (Wildman–Crippen MR) is 80.0 cm³/mol. The van der Waals surface area contributed by atoms with Crippen molar-refractivity contribution in [1.29, 1.82) is 0 Å². The average molecular weight is 304 g/mol. The summed E-state index contributed by atoms with van der Waals surface area (Å²) >= 11 is 1.59. The highest BCUT2D eigenvalue weighted by atomic mass is 32.1. The molecule has 0 fully saturated rings. The third-order valence-corrected chi connectivity index (χ3v) is 4.36. The van der Waals surface area contributed by atoms with Gasteiger partial charge in [0.05, 0.1) is 18.7 Å². The van der Waals surface area contributed by atoms with Gasteiger partial charge in [0, 0.05) is 30.3 Å². The number of amides is 2. The zero-order valence-electron chi connectivity index (χ0n) is 11.7. The summed E-state index contributed by atoms with van der Waals surface area (Å²) in [5, 5.41) is 11.7. The lowest BCUT2D eigenvalue weighted by Crippen LogP contribution is -2.36. The normalized spacial score (nSPS) is 13.9. The van der Waals surface area contributed by atoms with Crippen LogP contribution in [0.5, 0.6) is 0 Å². The third kappa shape index (κ3) is 2.97. The number of nitrogens with zero attached hydrogens (tertiary/aromatic N) is 2. The van der Waals surface area contributed by atoms with Crippen LogP contribution in [-0.2, 0) is 29.0 Å². The number of hydrogen-bond acceptors (Lipinski definition) is 4. The summed E-state index contributed by atoms with van der Waals surface area (Å²) in [5.74, 6) is 0.563. The van der Waals surface area contributed by atoms with E-state index in [2.05, 4.69) is 15.5 Å². The molecule has 1 aliphatic rings. The van der Waals surface area contributed by atoms with Crippen LogP contribution in [0.3, 0.4) is 0 Å². The van der Waals surface area contributed by atoms with Crippen LogP contribution in [-0.4, -0.2) is 33.5 Å². The molecular formula is C14H16N4O2S. The Kier molecular flexibility index (Phi) is 3.74. The molecule has 1 aliphatic heterocycles. The SMILES string of the molecule is CC(=O)Nc1[nH]nc2c1CN(C(=O)Cc1cccs1)CC2. The van der Waals surface area contributed by atoms with E-state index < -0.39 is 0 Å². The number of rotatable bonds is 3. The number of aromatic amines is 1. The summed E-state index contributed by atoms with van der Waals surface area (Å²) in [6, 6.07) is 3.92. The maximum atomic E-state index is 12.3. The molecule has 6 nitrogen and oxygen atoms in total. The molecule has 0 aromatic carbocycles. The number of anilines is 1. The molecule has 0 spiro atoms. The fourth-order valence-electron chi connectivity index (χ4n) is 2.46. The zero-order chi connectivity index (χ0) is 14.8. The predicted octanol–water partition coefficient (Wildman–Crippen LogP) is 1.56. The standard InChI is InChI=1S/C14H16N4O2S/c1-9(19)15-14-11-8-18(5-4-12(11)16-17-14)13(20)7-10-3-2-6-21-10/h2-3,6H,4-5,7-8H2,1H3,(H2,15,16,17,19). The van der Waals surface area contributed by atoms with Crippen molar-refractivity contribution in [2.75, 3.05) is 11.9 Å². The number of carbonyl (C=O) groups excluding carboxylic acids is 2. The van der Waals surface area contributed by atoms with Gasteiger partial charge in [0.15, 0.2) is 0 Å². The van der Waals surface area contributed by atoms with Gasteiger partial charge < -0.3 is 10.2 Å². The van der Waals surface area contributed by atoms with E-state index in [0.717, 1.165) is 16.1 Å². The second-order valence-corrected chi connectivity index (χ2v) is 6.06. The van der Waals surface area contributed by atoms with E-state index in [0.29, 0.717) is 31.7 Å². The van der Waals surface area contributed by atoms with Crippen molar-refractivity contribution in [3.63, 3.8) is 0 Å². The molecule has 7 heteroatoms. The van der Waals surface area contributed by atoms with E-state index in [4.69, 9.17) is 0 Å². The van der Waals surface area contributed by atoms with Crippen LogP contribution in [0.1, 0.15) is 23.1 Å². The molecule has 110 valence electrons. The van der Waals surface area contributed by atoms with Gasteiger partial charge >= 0.3 is 0 Å². The first-order valence-corrected chi connectivity index (χ1v) is 7.65. The van der Waals surface area contributed by atoms with Crippen molar-refractivity contribution in [2.24, 2.45) is 0 Å². The van der Waals surface area contributed by atoms with Crippen LogP contribution < -0.4 is 5.32 Å². The topological polar surface area (TPSA) is 78.1 Å². The van der Waals surface area contributed by atoms with Crippen molar-refractivity contribution in [2.45, 2.75) is 26.3 Å². The quantitative estimate of drug-likeness (QED) is 0.903. The van der Waals surface area contributed by atoms with Gasteiger partial charge in [0.25, 0.3) is 0 Å². The summed E-state index contributed by atoms with van der Waals surface area (Å²) in [5.41, 5.74) is 1.84. The summed E-state index contributed by atoms with van der Waals surface area (Å²) in [7, 11) is 0. The highest BCUT2D eigenvalue weighted by Gasteiger charge is 2.25. The minimum Gasteiger partial charge on any atom is -0.337 e. The Hall–Kier alpha value is -2.15. The number of aromatic nitrogens is 2. The van der Waals surface area contributed by atoms with Gasteiger partial charge in [-0.05, 0) is 11.4 Å². The second kappa shape index (κ2) is 5.69. The molecule has 2 aromatic rings. The molecule has 3 heterocycles. The van der Waals surface area contributed by atoms with Crippen molar-refractivity contribution in [3.05, 3.63) is 33.6 Å². The number of fused-ring (bicyclic) bond motifs is 1. The van der Waals surface area contributed by atoms with E-state index in [-0.39, 0.29) is 11.8 Å². The van der Waals surface area contributed by atoms with Gasteiger partial charge in [0.1, 0.15) is 5.82 Å². The van der Waals surface area contributed by atoms with E-state index in [1.54, 1.807) is 11.3 Å². The van der Waals surface area contributed by atoms with Crippen molar-refractivity contribution in [1.82, 2.24) is 15.1 Å². The van der Waals surface area contributed by atoms with Crippen LogP contribution in [0.25, 0.3) is 0 Å². The largest absolute Gasteiger partial charge is 0.337 e. The first-order chi connectivity index (χ1) is 10.1. The lowest BCUT2D eigenvalue weighted by molar-refractivity contribution is -0.131. The lowest BCUT2D eigenvalue weighted by atomic mass is 10.1. The van der Waals surface area contributed by atoms with Crippen LogP contribution in [0, 0.1) is 0 Å². The Morgan fingerprint density at radius 1 is 1.52 bits per heavy atom. The lowest BCUT2D eigenvalue weighted by Gasteiger charge is -2.26. The van der Waals surface area contributed by atoms with Gasteiger partial charge in [-0.25, -0.2) is 0 Å². The smallest absolute Gasteiger partial charge is 0.228 e. The van der Waals surface area contributed by atoms with Gasteiger partial charge in [-0.3, -0.25) is 14.7 Å². The highest BCUT2D eigenvalue weighted by molar-refractivity contribution is 7.10. The maximum absolute atomic E-state index is 12.3. The first-order valence-electron chi connectivity index (χ1n) is 6.77. The van der Waals surface area contributed by atoms with Crippen LogP contribution >= 0.6 is 11.3 Å². The number of thiophene rings is 1. The van der Waals surface area contributed by atoms with Crippen LogP contribution in [0.2, 0.25) is 0 Å². The Balaban J connectivity index is 1.72. The number of nitrogens with one attached hydrogen (secondary N) is 2. The molecule has 0 radical (unpaired) electrons. The van der Waals surface area contributed by atoms with Crippen molar-refractivity contribution >= 4 is 29.0 Å². The molecule has 0 atom stereocenters. The zero-order valence-corrected chi connectivity index (χ0v) is 12.5. The molecule has 2 N–H and O–H groups in total. The van der Waals surface area contributed by atoms with Crippen molar-refractivity contribution < 1.29 is 9.59 Å². The molecule has 21 heavy (non-hydrogen) atoms. The third-order valence-electron chi connectivity index (χ3n) is 3.48. The first kappa shape index (κ1) is 13.8. The monoisotopic (exact) mass is 304 g/mol. The average Bonchev–Trinajstić information content (AvgIpc) is 3.08. The molecule has 0 unspecified atom stereocenters. The summed E-state index contributed by atoms with van der Waals surface area (Å²) < 4.78 is 0. The number of carbonyl (C=O) groups is 2. The molecule has 0 bridgehead atoms. The number of hydrogen-bond donors (Lipinski definition) is 2. The van der Waals surface area contributed by atoms with E-state index in [1.807, 2.05) is 22.4 Å². The summed E-state index contributed by atoms with van der Waals surface area (Å²) in [6.45, 7) is 2.61. The summed E-state index contributed by atoms with van der Waals surface area (Å²) in [4.78, 5) is 26.4. The van der Waals surface area contributed by atoms with Gasteiger partial charge in [0.2, 0.25) is 11.8 Å². The van der Waals surface area contributed by atoms with Crippen LogP contribution in [0.15, 0.2) is 17.5 Å². The fraction of sp³-hybridized carbons (Fsp3) is 0.357. The Morgan fingerprint density at radius 2 is 2.38 bits per heavy atom. The maximum Gasteiger partial charge on any atom is 0.228 e. The Morgan fingerprint density at radius 3 is 3.10 bits per heavy atom. The molecule has 0 saturated carbocycles. The fourth-order valence-corrected chi connectivity index (χ4v) is 3.15. The molecule has 2 aromatic heterocycles.